The lowest BCUT2D eigenvalue weighted by atomic mass is 10.0. The number of nitrogens with zero attached hydrogens (tertiary/aromatic N) is 2. The molecule has 0 atom stereocenters. The number of hydrogen-bond acceptors (Lipinski definition) is 6. The Bertz CT molecular complexity index is 1200. The van der Waals surface area contributed by atoms with Crippen LogP contribution in [-0.2, 0) is 16.0 Å². The average Bonchev–Trinajstić information content (AvgIpc) is 3.72. The number of morpholine rings is 1. The molecule has 1 aliphatic heterocycles. The Kier molecular flexibility index (Phi) is 6.61. The summed E-state index contributed by atoms with van der Waals surface area (Å²) < 4.78 is 10.9. The second kappa shape index (κ2) is 9.98. The van der Waals surface area contributed by atoms with Gasteiger partial charge in [0, 0.05) is 36.8 Å². The zero-order valence-corrected chi connectivity index (χ0v) is 19.8. The molecule has 7 heteroatoms. The summed E-state index contributed by atoms with van der Waals surface area (Å²) in [4.78, 5) is 33.0. The van der Waals surface area contributed by atoms with E-state index in [1.807, 2.05) is 42.5 Å². The number of ether oxygens (including phenoxy) is 2. The van der Waals surface area contributed by atoms with Gasteiger partial charge in [-0.05, 0) is 42.7 Å². The fourth-order valence-electron chi connectivity index (χ4n) is 4.61. The molecule has 35 heavy (non-hydrogen) atoms. The van der Waals surface area contributed by atoms with Crippen molar-refractivity contribution in [2.24, 2.45) is 0 Å². The zero-order chi connectivity index (χ0) is 24.3. The predicted octanol–water partition coefficient (Wildman–Crippen LogP) is 3.99. The number of carbonyl (C=O) groups excluding carboxylic acids is 2. The van der Waals surface area contributed by atoms with Crippen LogP contribution in [0.4, 0.5) is 5.69 Å². The molecule has 1 aromatic heterocycles. The lowest BCUT2D eigenvalue weighted by Crippen LogP contribution is -2.51. The van der Waals surface area contributed by atoms with E-state index in [9.17, 15) is 9.59 Å². The molecule has 1 saturated carbocycles. The fraction of sp³-hybridized carbons (Fsp3) is 0.321. The van der Waals surface area contributed by atoms with Gasteiger partial charge in [0.2, 0.25) is 5.91 Å². The first kappa shape index (κ1) is 23.2. The van der Waals surface area contributed by atoms with Gasteiger partial charge in [-0.15, -0.1) is 0 Å². The van der Waals surface area contributed by atoms with Gasteiger partial charge in [-0.3, -0.25) is 19.5 Å². The van der Waals surface area contributed by atoms with E-state index in [4.69, 9.17) is 9.47 Å². The molecule has 1 amide bonds. The number of Topliss-reactive ketones (excluding diaryl/α,β-unsaturated/α-hetero) is 1. The van der Waals surface area contributed by atoms with Crippen molar-refractivity contribution in [1.29, 1.82) is 0 Å². The van der Waals surface area contributed by atoms with Crippen molar-refractivity contribution in [2.75, 3.05) is 38.7 Å². The molecule has 0 bridgehead atoms. The molecule has 1 aliphatic carbocycles. The third kappa shape index (κ3) is 4.97. The first-order valence-electron chi connectivity index (χ1n) is 11.9. The van der Waals surface area contributed by atoms with Crippen LogP contribution in [0.1, 0.15) is 28.8 Å². The molecule has 180 valence electrons. The lowest BCUT2D eigenvalue weighted by molar-refractivity contribution is -0.124. The van der Waals surface area contributed by atoms with E-state index >= 15 is 0 Å². The Morgan fingerprint density at radius 1 is 1.06 bits per heavy atom. The van der Waals surface area contributed by atoms with Crippen LogP contribution in [0, 0.1) is 0 Å². The molecule has 0 radical (unpaired) electrons. The van der Waals surface area contributed by atoms with Crippen molar-refractivity contribution >= 4 is 17.4 Å². The van der Waals surface area contributed by atoms with E-state index in [-0.39, 0.29) is 18.1 Å². The van der Waals surface area contributed by atoms with Gasteiger partial charge in [0.15, 0.2) is 5.78 Å². The molecular formula is C28H29N3O4. The summed E-state index contributed by atoms with van der Waals surface area (Å²) in [5.41, 5.74) is 3.28. The third-order valence-corrected chi connectivity index (χ3v) is 6.79. The maximum Gasteiger partial charge on any atom is 0.245 e. The standard InChI is InChI=1S/C28H29N3O4/c1-34-26-10-8-22(18-24(26)30-27(33)28(11-12-28)31-13-15-35-16-14-31)25(32)17-20-7-9-23(29-19-20)21-5-3-2-4-6-21/h2-10,18-19H,11-17H2,1H3,(H,30,33). The topological polar surface area (TPSA) is 80.8 Å². The van der Waals surface area contributed by atoms with Crippen molar-refractivity contribution in [3.8, 4) is 17.0 Å². The molecule has 7 nitrogen and oxygen atoms in total. The smallest absolute Gasteiger partial charge is 0.245 e. The van der Waals surface area contributed by atoms with Crippen molar-refractivity contribution < 1.29 is 19.1 Å². The van der Waals surface area contributed by atoms with Crippen molar-refractivity contribution in [2.45, 2.75) is 24.8 Å². The van der Waals surface area contributed by atoms with Gasteiger partial charge in [0.05, 0.1) is 31.7 Å². The highest BCUT2D eigenvalue weighted by Gasteiger charge is 2.54. The number of aromatic nitrogens is 1. The number of carbonyl (C=O) groups is 2. The van der Waals surface area contributed by atoms with Crippen LogP contribution in [0.5, 0.6) is 5.75 Å². The summed E-state index contributed by atoms with van der Waals surface area (Å²) in [6.07, 6.45) is 3.61. The number of nitrogens with one attached hydrogen (secondary N) is 1. The van der Waals surface area contributed by atoms with Crippen LogP contribution < -0.4 is 10.1 Å². The number of rotatable bonds is 8. The number of pyridine rings is 1. The SMILES string of the molecule is COc1ccc(C(=O)Cc2ccc(-c3ccccc3)nc2)cc1NC(=O)C1(N2CCOCC2)CC1. The van der Waals surface area contributed by atoms with E-state index in [0.29, 0.717) is 30.2 Å². The number of anilines is 1. The van der Waals surface area contributed by atoms with Crippen LogP contribution in [0.25, 0.3) is 11.3 Å². The van der Waals surface area contributed by atoms with Gasteiger partial charge < -0.3 is 14.8 Å². The number of benzene rings is 2. The van der Waals surface area contributed by atoms with Crippen LogP contribution in [0.15, 0.2) is 66.9 Å². The highest BCUT2D eigenvalue weighted by atomic mass is 16.5. The normalized spacial score (nSPS) is 16.9. The molecule has 3 aromatic rings. The molecule has 0 spiro atoms. The van der Waals surface area contributed by atoms with Gasteiger partial charge in [-0.2, -0.15) is 0 Å². The molecular weight excluding hydrogens is 442 g/mol. The number of methoxy groups -OCH3 is 1. The Morgan fingerprint density at radius 3 is 2.49 bits per heavy atom. The molecule has 2 heterocycles. The van der Waals surface area contributed by atoms with Crippen LogP contribution in [0.2, 0.25) is 0 Å². The van der Waals surface area contributed by atoms with E-state index in [2.05, 4.69) is 15.2 Å². The zero-order valence-electron chi connectivity index (χ0n) is 19.8. The van der Waals surface area contributed by atoms with Gasteiger partial charge in [-0.25, -0.2) is 0 Å². The fourth-order valence-corrected chi connectivity index (χ4v) is 4.61. The Morgan fingerprint density at radius 2 is 1.83 bits per heavy atom. The first-order chi connectivity index (χ1) is 17.1. The van der Waals surface area contributed by atoms with Crippen molar-refractivity contribution in [3.63, 3.8) is 0 Å². The van der Waals surface area contributed by atoms with E-state index in [0.717, 1.165) is 42.8 Å². The first-order valence-corrected chi connectivity index (χ1v) is 11.9. The monoisotopic (exact) mass is 471 g/mol. The molecule has 1 saturated heterocycles. The van der Waals surface area contributed by atoms with E-state index in [1.165, 1.54) is 0 Å². The minimum absolute atomic E-state index is 0.0493. The third-order valence-electron chi connectivity index (χ3n) is 6.79. The van der Waals surface area contributed by atoms with Crippen LogP contribution >= 0.6 is 0 Å². The Hall–Kier alpha value is -3.55. The predicted molar refractivity (Wildman–Crippen MR) is 134 cm³/mol. The molecule has 2 aliphatic rings. The summed E-state index contributed by atoms with van der Waals surface area (Å²) in [5.74, 6) is 0.427. The van der Waals surface area contributed by atoms with E-state index < -0.39 is 5.54 Å². The number of amides is 1. The van der Waals surface area contributed by atoms with Crippen molar-refractivity contribution in [3.05, 3.63) is 78.0 Å². The summed E-state index contributed by atoms with van der Waals surface area (Å²) >= 11 is 0. The Labute approximate surface area is 205 Å². The minimum atomic E-state index is -0.485. The summed E-state index contributed by atoms with van der Waals surface area (Å²) in [6, 6.07) is 19.0. The average molecular weight is 472 g/mol. The lowest BCUT2D eigenvalue weighted by Gasteiger charge is -2.33. The molecule has 2 fully saturated rings. The quantitative estimate of drug-likeness (QED) is 0.501. The number of ketones is 1. The van der Waals surface area contributed by atoms with Gasteiger partial charge in [0.25, 0.3) is 0 Å². The molecule has 5 rings (SSSR count). The van der Waals surface area contributed by atoms with Crippen LogP contribution in [0.3, 0.4) is 0 Å². The highest BCUT2D eigenvalue weighted by Crippen LogP contribution is 2.43. The number of hydrogen-bond donors (Lipinski definition) is 1. The second-order valence-corrected chi connectivity index (χ2v) is 9.02. The Balaban J connectivity index is 1.29. The van der Waals surface area contributed by atoms with Crippen LogP contribution in [-0.4, -0.2) is 60.5 Å². The van der Waals surface area contributed by atoms with Gasteiger partial charge >= 0.3 is 0 Å². The van der Waals surface area contributed by atoms with E-state index in [1.54, 1.807) is 31.5 Å². The van der Waals surface area contributed by atoms with Crippen molar-refractivity contribution in [1.82, 2.24) is 9.88 Å². The summed E-state index contributed by atoms with van der Waals surface area (Å²) in [6.45, 7) is 2.79. The minimum Gasteiger partial charge on any atom is -0.495 e. The highest BCUT2D eigenvalue weighted by molar-refractivity contribution is 6.03. The summed E-state index contributed by atoms with van der Waals surface area (Å²) in [7, 11) is 1.56. The summed E-state index contributed by atoms with van der Waals surface area (Å²) in [5, 5.41) is 3.04. The largest absolute Gasteiger partial charge is 0.495 e. The van der Waals surface area contributed by atoms with Gasteiger partial charge in [-0.1, -0.05) is 36.4 Å². The maximum atomic E-state index is 13.2. The van der Waals surface area contributed by atoms with Gasteiger partial charge in [0.1, 0.15) is 11.3 Å². The molecule has 0 unspecified atom stereocenters. The second-order valence-electron chi connectivity index (χ2n) is 9.02. The maximum absolute atomic E-state index is 13.2. The molecule has 2 aromatic carbocycles. The molecule has 1 N–H and O–H groups in total.